The van der Waals surface area contributed by atoms with Crippen molar-refractivity contribution < 1.29 is 23.0 Å². The molecule has 2 aliphatic carbocycles. The molecule has 3 aliphatic rings. The summed E-state index contributed by atoms with van der Waals surface area (Å²) in [6, 6.07) is 11.6. The highest BCUT2D eigenvalue weighted by molar-refractivity contribution is 5.96. The summed E-state index contributed by atoms with van der Waals surface area (Å²) in [6.07, 6.45) is 4.38. The molecular weight excluding hydrogens is 538 g/mol. The van der Waals surface area contributed by atoms with Gasteiger partial charge < -0.3 is 20.5 Å². The van der Waals surface area contributed by atoms with E-state index in [0.717, 1.165) is 35.4 Å². The van der Waals surface area contributed by atoms with Crippen molar-refractivity contribution >= 4 is 24.4 Å². The number of benzene rings is 2. The normalized spacial score (nSPS) is 19.4. The minimum atomic E-state index is -1.50. The molecule has 0 unspecified atom stereocenters. The Morgan fingerprint density at radius 2 is 2.02 bits per heavy atom. The molecule has 3 aromatic rings. The van der Waals surface area contributed by atoms with Gasteiger partial charge in [0.05, 0.1) is 25.1 Å². The van der Waals surface area contributed by atoms with Crippen LogP contribution in [-0.4, -0.2) is 43.5 Å². The number of rotatable bonds is 10. The van der Waals surface area contributed by atoms with Gasteiger partial charge in [0.2, 0.25) is 0 Å². The number of hydrogen-bond donors (Lipinski definition) is 2. The van der Waals surface area contributed by atoms with E-state index in [0.29, 0.717) is 60.2 Å². The Hall–Kier alpha value is -4.27. The van der Waals surface area contributed by atoms with Gasteiger partial charge in [0.1, 0.15) is 23.0 Å². The molecule has 2 saturated carbocycles. The summed E-state index contributed by atoms with van der Waals surface area (Å²) in [5.74, 6) is 0.996. The number of pyridine rings is 1. The lowest BCUT2D eigenvalue weighted by atomic mass is 9.93. The zero-order chi connectivity index (χ0) is 29.6. The maximum Gasteiger partial charge on any atom is 0.251 e. The predicted octanol–water partition coefficient (Wildman–Crippen LogP) is 6.44. The highest BCUT2D eigenvalue weighted by Crippen LogP contribution is 2.48. The lowest BCUT2D eigenvalue weighted by molar-refractivity contribution is 0.0949. The van der Waals surface area contributed by atoms with Crippen molar-refractivity contribution in [3.8, 4) is 22.8 Å². The zero-order valence-corrected chi connectivity index (χ0v) is 23.8. The quantitative estimate of drug-likeness (QED) is 0.215. The molecule has 0 radical (unpaired) electrons. The van der Waals surface area contributed by atoms with Gasteiger partial charge in [0.15, 0.2) is 5.67 Å². The van der Waals surface area contributed by atoms with Crippen LogP contribution in [0.15, 0.2) is 53.2 Å². The number of ether oxygens (including phenoxy) is 2. The zero-order valence-electron chi connectivity index (χ0n) is 23.8. The van der Waals surface area contributed by atoms with Gasteiger partial charge in [-0.25, -0.2) is 13.8 Å². The van der Waals surface area contributed by atoms with E-state index < -0.39 is 5.67 Å². The van der Waals surface area contributed by atoms with Gasteiger partial charge in [-0.1, -0.05) is 6.92 Å². The first-order chi connectivity index (χ1) is 20.2. The summed E-state index contributed by atoms with van der Waals surface area (Å²) >= 11 is 0. The molecule has 1 aliphatic heterocycles. The summed E-state index contributed by atoms with van der Waals surface area (Å²) in [5, 5.41) is 3.09. The molecule has 0 spiro atoms. The van der Waals surface area contributed by atoms with E-state index >= 15 is 0 Å². The molecule has 9 heteroatoms. The van der Waals surface area contributed by atoms with E-state index in [9.17, 15) is 13.6 Å². The second-order valence-corrected chi connectivity index (χ2v) is 11.5. The third-order valence-electron chi connectivity index (χ3n) is 8.47. The molecule has 6 rings (SSSR count). The summed E-state index contributed by atoms with van der Waals surface area (Å²) in [7, 11) is 1.47. The number of nitrogens with two attached hydrogens (primary N) is 1. The molecule has 2 aromatic carbocycles. The number of halogens is 2. The van der Waals surface area contributed by atoms with Gasteiger partial charge in [0.25, 0.3) is 5.91 Å². The van der Waals surface area contributed by atoms with Crippen LogP contribution in [0.5, 0.6) is 11.5 Å². The van der Waals surface area contributed by atoms with Crippen LogP contribution in [0.3, 0.4) is 0 Å². The van der Waals surface area contributed by atoms with Gasteiger partial charge in [-0.15, -0.1) is 0 Å². The summed E-state index contributed by atoms with van der Waals surface area (Å²) in [6.45, 7) is 6.55. The number of aliphatic imine (C=N–C) groups is 1. The number of nitrogens with one attached hydrogen (secondary N) is 1. The van der Waals surface area contributed by atoms with Crippen LogP contribution in [0.2, 0.25) is 0 Å². The number of carbonyl (C=O) groups excluding carboxylic acids is 1. The van der Waals surface area contributed by atoms with Crippen molar-refractivity contribution in [3.05, 3.63) is 76.4 Å². The number of hydrogen-bond acceptors (Lipinski definition) is 6. The lowest BCUT2D eigenvalue weighted by Crippen LogP contribution is -2.30. The number of alkyl halides is 1. The number of nitrogen functional groups attached to an aromatic ring is 1. The number of carbonyl (C=O) groups is 1. The molecule has 1 aromatic heterocycles. The predicted molar refractivity (Wildman–Crippen MR) is 159 cm³/mol. The van der Waals surface area contributed by atoms with Crippen molar-refractivity contribution in [1.82, 2.24) is 10.3 Å². The molecule has 0 bridgehead atoms. The van der Waals surface area contributed by atoms with E-state index in [1.54, 1.807) is 24.3 Å². The maximum absolute atomic E-state index is 14.8. The smallest absolute Gasteiger partial charge is 0.251 e. The van der Waals surface area contributed by atoms with Crippen molar-refractivity contribution in [1.29, 1.82) is 0 Å². The Morgan fingerprint density at radius 1 is 1.29 bits per heavy atom. The molecule has 1 amide bonds. The Bertz CT molecular complexity index is 1580. The average Bonchev–Trinajstić information content (AvgIpc) is 3.93. The first kappa shape index (κ1) is 27.9. The van der Waals surface area contributed by atoms with Crippen LogP contribution in [0.25, 0.3) is 17.3 Å². The largest absolute Gasteiger partial charge is 0.495 e. The van der Waals surface area contributed by atoms with E-state index in [2.05, 4.69) is 30.0 Å². The van der Waals surface area contributed by atoms with Crippen molar-refractivity contribution in [2.45, 2.75) is 50.1 Å². The topological polar surface area (TPSA) is 98.8 Å². The molecule has 42 heavy (non-hydrogen) atoms. The summed E-state index contributed by atoms with van der Waals surface area (Å²) in [4.78, 5) is 22.4. The molecule has 218 valence electrons. The highest BCUT2D eigenvalue weighted by atomic mass is 19.1. The Balaban J connectivity index is 1.29. The molecular formula is C33H34F2N4O3. The molecule has 2 atom stereocenters. The maximum atomic E-state index is 14.8. The second-order valence-electron chi connectivity index (χ2n) is 11.5. The van der Waals surface area contributed by atoms with Crippen LogP contribution >= 0.6 is 0 Å². The summed E-state index contributed by atoms with van der Waals surface area (Å²) < 4.78 is 39.9. The average molecular weight is 573 g/mol. The third kappa shape index (κ3) is 5.35. The minimum absolute atomic E-state index is 0.0147. The number of amides is 1. The van der Waals surface area contributed by atoms with Crippen LogP contribution in [0.1, 0.15) is 71.6 Å². The van der Waals surface area contributed by atoms with Crippen LogP contribution < -0.4 is 20.5 Å². The standard InChI is InChI=1S/C33H34F2N4O3/c1-18-17-42-31-24(18)15-26(39-30(31)20-6-8-23(34)9-7-20)25(19-4-5-19)16-38-32(40)22-12-21(29(36)27(13-22)41-3)14-28(37-2)33(35)10-11-33/h6-9,12-15,18-19,25H,2,4-5,10-11,16-17,36H2,1,3H3,(H,38,40)/b28-14-/t18-,25+/m1/s1. The first-order valence-corrected chi connectivity index (χ1v) is 14.3. The van der Waals surface area contributed by atoms with E-state index in [4.69, 9.17) is 20.2 Å². The molecule has 2 heterocycles. The minimum Gasteiger partial charge on any atom is -0.495 e. The fourth-order valence-electron chi connectivity index (χ4n) is 5.60. The number of anilines is 1. The molecule has 0 saturated heterocycles. The van der Waals surface area contributed by atoms with Gasteiger partial charge in [-0.2, -0.15) is 0 Å². The number of methoxy groups -OCH3 is 1. The van der Waals surface area contributed by atoms with Gasteiger partial charge in [0, 0.05) is 46.3 Å². The van der Waals surface area contributed by atoms with E-state index in [-0.39, 0.29) is 29.3 Å². The van der Waals surface area contributed by atoms with Crippen LogP contribution in [0, 0.1) is 11.7 Å². The lowest BCUT2D eigenvalue weighted by Gasteiger charge is -2.20. The van der Waals surface area contributed by atoms with Gasteiger partial charge >= 0.3 is 0 Å². The second kappa shape index (κ2) is 10.9. The molecule has 7 nitrogen and oxygen atoms in total. The first-order valence-electron chi connectivity index (χ1n) is 14.3. The fraction of sp³-hybridized carbons (Fsp3) is 0.364. The third-order valence-corrected chi connectivity index (χ3v) is 8.47. The number of fused-ring (bicyclic) bond motifs is 1. The number of aromatic nitrogens is 1. The summed E-state index contributed by atoms with van der Waals surface area (Å²) in [5.41, 5.74) is 9.47. The number of nitrogens with zero attached hydrogens (tertiary/aromatic N) is 2. The Labute approximate surface area is 243 Å². The molecule has 2 fully saturated rings. The van der Waals surface area contributed by atoms with Crippen molar-refractivity contribution in [2.75, 3.05) is 26.0 Å². The monoisotopic (exact) mass is 572 g/mol. The van der Waals surface area contributed by atoms with Gasteiger partial charge in [-0.05, 0) is 86.9 Å². The molecule has 3 N–H and O–H groups in total. The van der Waals surface area contributed by atoms with E-state index in [1.807, 2.05) is 0 Å². The van der Waals surface area contributed by atoms with Gasteiger partial charge in [-0.3, -0.25) is 9.79 Å². The van der Waals surface area contributed by atoms with Crippen molar-refractivity contribution in [2.24, 2.45) is 10.9 Å². The van der Waals surface area contributed by atoms with Crippen LogP contribution in [0.4, 0.5) is 14.5 Å². The van der Waals surface area contributed by atoms with Crippen molar-refractivity contribution in [3.63, 3.8) is 0 Å². The number of allylic oxidation sites excluding steroid dienone is 1. The highest BCUT2D eigenvalue weighted by Gasteiger charge is 2.47. The van der Waals surface area contributed by atoms with Crippen LogP contribution in [-0.2, 0) is 0 Å². The fourth-order valence-corrected chi connectivity index (χ4v) is 5.60. The Morgan fingerprint density at radius 3 is 2.67 bits per heavy atom. The Kier molecular flexibility index (Phi) is 7.20. The SMILES string of the molecule is C=N/C(=C\c1cc(C(=O)NC[C@H](c2cc3c(c(-c4ccc(F)cc4)n2)OC[C@H]3C)C2CC2)cc(OC)c1N)C1(F)CC1. The van der Waals surface area contributed by atoms with E-state index in [1.165, 1.54) is 25.3 Å².